The highest BCUT2D eigenvalue weighted by Gasteiger charge is 2.50. The number of esters is 1. The van der Waals surface area contributed by atoms with Gasteiger partial charge in [-0.1, -0.05) is 60.7 Å². The van der Waals surface area contributed by atoms with E-state index in [1.165, 1.54) is 11.3 Å². The fraction of sp³-hybridized carbons (Fsp3) is 0.400. The van der Waals surface area contributed by atoms with E-state index in [1.807, 2.05) is 54.8 Å². The molecule has 0 aliphatic carbocycles. The SMILES string of the molecule is CCOc1ccsc1C(=O)NCC[N+]12CCC(CC1)[C@@H](OC(=O)C(O)(c1ccccc1)c1ccccc1)C2. The van der Waals surface area contributed by atoms with Crippen LogP contribution in [-0.2, 0) is 15.1 Å². The summed E-state index contributed by atoms with van der Waals surface area (Å²) in [6, 6.07) is 19.8. The first-order valence-corrected chi connectivity index (χ1v) is 14.2. The standard InChI is InChI=1S/C30H34N2O5S/c1-2-36-25-15-20-38-27(25)28(33)31-16-19-32-17-13-22(14-18-32)26(21-32)37-29(34)30(35,23-9-5-3-6-10-23)24-11-7-4-8-12-24/h3-12,15,20,22,26,35H,2,13-14,16-19,21H2,1H3/p+1/t22?,26-,32?/m0/s1. The van der Waals surface area contributed by atoms with Crippen LogP contribution in [0.4, 0.5) is 0 Å². The molecule has 38 heavy (non-hydrogen) atoms. The number of rotatable bonds is 10. The van der Waals surface area contributed by atoms with Gasteiger partial charge in [0.25, 0.3) is 5.91 Å². The number of thiophene rings is 1. The van der Waals surface area contributed by atoms with E-state index in [2.05, 4.69) is 5.32 Å². The van der Waals surface area contributed by atoms with Crippen LogP contribution in [0.25, 0.3) is 0 Å². The lowest BCUT2D eigenvalue weighted by Crippen LogP contribution is -2.66. The van der Waals surface area contributed by atoms with Gasteiger partial charge in [0.05, 0.1) is 32.8 Å². The molecule has 3 aromatic rings. The summed E-state index contributed by atoms with van der Waals surface area (Å²) in [4.78, 5) is 27.0. The summed E-state index contributed by atoms with van der Waals surface area (Å²) in [6.45, 7) is 6.41. The number of hydrogen-bond donors (Lipinski definition) is 2. The average molecular weight is 536 g/mol. The Balaban J connectivity index is 1.26. The Labute approximate surface area is 227 Å². The topological polar surface area (TPSA) is 84.9 Å². The van der Waals surface area contributed by atoms with Gasteiger partial charge in [0.1, 0.15) is 17.2 Å². The molecule has 0 unspecified atom stereocenters. The third-order valence-corrected chi connectivity index (χ3v) is 8.88. The van der Waals surface area contributed by atoms with Gasteiger partial charge in [-0.3, -0.25) is 4.79 Å². The average Bonchev–Trinajstić information content (AvgIpc) is 3.42. The number of carbonyl (C=O) groups is 2. The van der Waals surface area contributed by atoms with Crippen molar-refractivity contribution < 1.29 is 28.7 Å². The molecule has 1 amide bonds. The van der Waals surface area contributed by atoms with E-state index in [-0.39, 0.29) is 17.9 Å². The van der Waals surface area contributed by atoms with Gasteiger partial charge >= 0.3 is 5.97 Å². The molecule has 0 saturated carbocycles. The highest BCUT2D eigenvalue weighted by Crippen LogP contribution is 2.38. The Morgan fingerprint density at radius 1 is 1.03 bits per heavy atom. The maximum atomic E-state index is 13.7. The van der Waals surface area contributed by atoms with Gasteiger partial charge in [0, 0.05) is 18.8 Å². The Morgan fingerprint density at radius 2 is 1.66 bits per heavy atom. The molecule has 0 radical (unpaired) electrons. The first kappa shape index (κ1) is 26.4. The molecule has 4 heterocycles. The van der Waals surface area contributed by atoms with Gasteiger partial charge < -0.3 is 24.4 Å². The molecular formula is C30H35N2O5S+. The number of piperidine rings is 3. The third-order valence-electron chi connectivity index (χ3n) is 7.99. The molecule has 1 atom stereocenters. The van der Waals surface area contributed by atoms with Crippen LogP contribution in [0.3, 0.4) is 0 Å². The predicted octanol–water partition coefficient (Wildman–Crippen LogP) is 3.96. The molecule has 2 bridgehead atoms. The van der Waals surface area contributed by atoms with E-state index in [4.69, 9.17) is 9.47 Å². The molecule has 3 fully saturated rings. The second-order valence-corrected chi connectivity index (χ2v) is 11.1. The minimum atomic E-state index is -1.88. The summed E-state index contributed by atoms with van der Waals surface area (Å²) in [6.07, 6.45) is 1.64. The zero-order valence-corrected chi connectivity index (χ0v) is 22.5. The number of nitrogens with zero attached hydrogens (tertiary/aromatic N) is 1. The lowest BCUT2D eigenvalue weighted by molar-refractivity contribution is -0.945. The van der Waals surface area contributed by atoms with Crippen LogP contribution in [0, 0.1) is 5.92 Å². The van der Waals surface area contributed by atoms with E-state index in [0.29, 0.717) is 41.4 Å². The van der Waals surface area contributed by atoms with Crippen LogP contribution in [-0.4, -0.2) is 66.9 Å². The van der Waals surface area contributed by atoms with Crippen molar-refractivity contribution in [1.82, 2.24) is 5.32 Å². The van der Waals surface area contributed by atoms with Crippen molar-refractivity contribution >= 4 is 23.2 Å². The highest BCUT2D eigenvalue weighted by atomic mass is 32.1. The second-order valence-electron chi connectivity index (χ2n) is 10.2. The summed E-state index contributed by atoms with van der Waals surface area (Å²) < 4.78 is 12.5. The molecular weight excluding hydrogens is 500 g/mol. The number of hydrogen-bond acceptors (Lipinski definition) is 6. The number of benzene rings is 2. The number of quaternary nitrogens is 1. The fourth-order valence-corrected chi connectivity index (χ4v) is 6.62. The number of ether oxygens (including phenoxy) is 2. The minimum Gasteiger partial charge on any atom is -0.492 e. The Morgan fingerprint density at radius 3 is 2.26 bits per heavy atom. The van der Waals surface area contributed by atoms with Crippen LogP contribution in [0.1, 0.15) is 40.6 Å². The Bertz CT molecular complexity index is 1200. The van der Waals surface area contributed by atoms with Crippen molar-refractivity contribution in [3.63, 3.8) is 0 Å². The molecule has 8 heteroatoms. The van der Waals surface area contributed by atoms with Crippen molar-refractivity contribution in [3.05, 3.63) is 88.1 Å². The molecule has 2 aromatic carbocycles. The second kappa shape index (κ2) is 11.3. The van der Waals surface area contributed by atoms with Crippen LogP contribution < -0.4 is 10.1 Å². The molecule has 2 N–H and O–H groups in total. The zero-order valence-electron chi connectivity index (χ0n) is 21.7. The predicted molar refractivity (Wildman–Crippen MR) is 146 cm³/mol. The fourth-order valence-electron chi connectivity index (χ4n) is 5.87. The molecule has 3 aliphatic rings. The van der Waals surface area contributed by atoms with Gasteiger partial charge in [0.2, 0.25) is 5.60 Å². The number of fused-ring (bicyclic) bond motifs is 3. The van der Waals surface area contributed by atoms with Crippen molar-refractivity contribution in [1.29, 1.82) is 0 Å². The molecule has 3 saturated heterocycles. The number of amides is 1. The summed E-state index contributed by atoms with van der Waals surface area (Å²) in [7, 11) is 0. The quantitative estimate of drug-likeness (QED) is 0.303. The zero-order chi connectivity index (χ0) is 26.6. The smallest absolute Gasteiger partial charge is 0.348 e. The molecule has 6 rings (SSSR count). The lowest BCUT2D eigenvalue weighted by Gasteiger charge is -2.52. The Hall–Kier alpha value is -3.20. The summed E-state index contributed by atoms with van der Waals surface area (Å²) in [5.41, 5.74) is -0.903. The minimum absolute atomic E-state index is 0.118. The van der Waals surface area contributed by atoms with Crippen LogP contribution in [0.5, 0.6) is 5.75 Å². The first-order valence-electron chi connectivity index (χ1n) is 13.3. The number of carbonyl (C=O) groups excluding carboxylic acids is 2. The van der Waals surface area contributed by atoms with Crippen molar-refractivity contribution in [2.45, 2.75) is 31.5 Å². The normalized spacial score (nSPS) is 22.6. The van der Waals surface area contributed by atoms with Gasteiger partial charge in [-0.15, -0.1) is 11.3 Å². The van der Waals surface area contributed by atoms with E-state index < -0.39 is 11.6 Å². The third kappa shape index (κ3) is 5.21. The van der Waals surface area contributed by atoms with E-state index in [1.54, 1.807) is 24.3 Å². The molecule has 0 spiro atoms. The molecule has 7 nitrogen and oxygen atoms in total. The van der Waals surface area contributed by atoms with Gasteiger partial charge in [-0.2, -0.15) is 0 Å². The molecule has 200 valence electrons. The highest BCUT2D eigenvalue weighted by molar-refractivity contribution is 7.12. The summed E-state index contributed by atoms with van der Waals surface area (Å²) in [5, 5.41) is 16.7. The number of aliphatic hydroxyl groups is 1. The van der Waals surface area contributed by atoms with E-state index >= 15 is 0 Å². The first-order chi connectivity index (χ1) is 18.4. The summed E-state index contributed by atoms with van der Waals surface area (Å²) >= 11 is 1.38. The lowest BCUT2D eigenvalue weighted by atomic mass is 9.82. The monoisotopic (exact) mass is 535 g/mol. The van der Waals surface area contributed by atoms with Crippen LogP contribution >= 0.6 is 11.3 Å². The van der Waals surface area contributed by atoms with E-state index in [0.717, 1.165) is 37.0 Å². The van der Waals surface area contributed by atoms with Gasteiger partial charge in [-0.25, -0.2) is 4.79 Å². The summed E-state index contributed by atoms with van der Waals surface area (Å²) in [5.74, 6) is 0.148. The maximum absolute atomic E-state index is 13.7. The molecule has 3 aliphatic heterocycles. The van der Waals surface area contributed by atoms with Crippen molar-refractivity contribution in [2.24, 2.45) is 5.92 Å². The largest absolute Gasteiger partial charge is 0.492 e. The van der Waals surface area contributed by atoms with Crippen molar-refractivity contribution in [2.75, 3.05) is 39.3 Å². The Kier molecular flexibility index (Phi) is 7.83. The van der Waals surface area contributed by atoms with E-state index in [9.17, 15) is 14.7 Å². The molecule has 1 aromatic heterocycles. The maximum Gasteiger partial charge on any atom is 0.348 e. The van der Waals surface area contributed by atoms with Crippen LogP contribution in [0.15, 0.2) is 72.1 Å². The van der Waals surface area contributed by atoms with Crippen molar-refractivity contribution in [3.8, 4) is 5.75 Å². The number of nitrogens with one attached hydrogen (secondary N) is 1. The van der Waals surface area contributed by atoms with Crippen LogP contribution in [0.2, 0.25) is 0 Å². The van der Waals surface area contributed by atoms with Gasteiger partial charge in [-0.05, 0) is 29.5 Å². The van der Waals surface area contributed by atoms with Gasteiger partial charge in [0.15, 0.2) is 6.10 Å².